The van der Waals surface area contributed by atoms with E-state index in [0.29, 0.717) is 5.75 Å². The third-order valence-electron chi connectivity index (χ3n) is 5.50. The van der Waals surface area contributed by atoms with E-state index in [9.17, 15) is 5.11 Å². The number of fused-ring (bicyclic) bond motifs is 1. The zero-order valence-corrected chi connectivity index (χ0v) is 15.8. The Labute approximate surface area is 136 Å². The molecule has 0 bridgehead atoms. The molecule has 0 atom stereocenters. The van der Waals surface area contributed by atoms with Crippen molar-refractivity contribution in [3.8, 4) is 5.75 Å². The maximum absolute atomic E-state index is 10.0. The van der Waals surface area contributed by atoms with Gasteiger partial charge in [0.05, 0.1) is 0 Å². The Hall–Kier alpha value is -1.18. The molecule has 0 spiro atoms. The maximum atomic E-state index is 10.0. The van der Waals surface area contributed by atoms with Gasteiger partial charge >= 0.3 is 0 Å². The highest BCUT2D eigenvalue weighted by Gasteiger charge is 2.58. The van der Waals surface area contributed by atoms with Crippen molar-refractivity contribution in [2.24, 2.45) is 10.8 Å². The topological polar surface area (TPSA) is 23.5 Å². The van der Waals surface area contributed by atoms with E-state index in [4.69, 9.17) is 0 Å². The molecule has 0 saturated heterocycles. The number of hydrogen-bond acceptors (Lipinski definition) is 2. The molecule has 0 radical (unpaired) electrons. The first-order chi connectivity index (χ1) is 9.72. The summed E-state index contributed by atoms with van der Waals surface area (Å²) in [5, 5.41) is 10.0. The van der Waals surface area contributed by atoms with Gasteiger partial charge < -0.3 is 10.0 Å². The summed E-state index contributed by atoms with van der Waals surface area (Å²) in [5.41, 5.74) is 2.88. The first-order valence-electron chi connectivity index (χ1n) is 8.33. The van der Waals surface area contributed by atoms with Crippen molar-refractivity contribution in [3.63, 3.8) is 0 Å². The lowest BCUT2D eigenvalue weighted by Gasteiger charge is -2.52. The number of hydrogen-bond donors (Lipinski definition) is 1. The van der Waals surface area contributed by atoms with Crippen LogP contribution in [0.15, 0.2) is 18.2 Å². The highest BCUT2D eigenvalue weighted by molar-refractivity contribution is 5.67. The summed E-state index contributed by atoms with van der Waals surface area (Å²) in [4.78, 5) is 2.47. The zero-order chi connectivity index (χ0) is 17.1. The standard InChI is InChI=1S/C20H33NO/c1-17(2,3)20(18(4,5)6)13-21(19(7,8)9)16-12-14(22)10-11-15(16)20/h10-12,22H,13H2,1-9H3. The van der Waals surface area contributed by atoms with Gasteiger partial charge in [0.25, 0.3) is 0 Å². The van der Waals surface area contributed by atoms with E-state index in [0.717, 1.165) is 6.54 Å². The number of anilines is 1. The monoisotopic (exact) mass is 303 g/mol. The number of benzene rings is 1. The van der Waals surface area contributed by atoms with Gasteiger partial charge in [-0.05, 0) is 43.2 Å². The van der Waals surface area contributed by atoms with Gasteiger partial charge in [0.2, 0.25) is 0 Å². The molecule has 2 heteroatoms. The molecule has 0 unspecified atom stereocenters. The average molecular weight is 303 g/mol. The lowest BCUT2D eigenvalue weighted by molar-refractivity contribution is 0.0636. The van der Waals surface area contributed by atoms with Crippen LogP contribution < -0.4 is 4.90 Å². The SMILES string of the molecule is CC(C)(C)N1CC(C(C)(C)C)(C(C)(C)C)c2ccc(O)cc21. The molecule has 1 aliphatic rings. The van der Waals surface area contributed by atoms with E-state index in [-0.39, 0.29) is 21.8 Å². The van der Waals surface area contributed by atoms with Crippen molar-refractivity contribution >= 4 is 5.69 Å². The molecule has 124 valence electrons. The Morgan fingerprint density at radius 1 is 0.909 bits per heavy atom. The van der Waals surface area contributed by atoms with E-state index in [1.807, 2.05) is 12.1 Å². The molecule has 1 aliphatic heterocycles. The molecule has 0 fully saturated rings. The van der Waals surface area contributed by atoms with Gasteiger partial charge in [0, 0.05) is 29.3 Å². The van der Waals surface area contributed by atoms with Gasteiger partial charge in [-0.3, -0.25) is 0 Å². The highest BCUT2D eigenvalue weighted by atomic mass is 16.3. The van der Waals surface area contributed by atoms with Crippen LogP contribution in [-0.4, -0.2) is 17.2 Å². The van der Waals surface area contributed by atoms with E-state index < -0.39 is 0 Å². The van der Waals surface area contributed by atoms with E-state index in [1.54, 1.807) is 0 Å². The van der Waals surface area contributed by atoms with Crippen LogP contribution in [0, 0.1) is 10.8 Å². The van der Waals surface area contributed by atoms with Gasteiger partial charge in [-0.15, -0.1) is 0 Å². The number of phenolic OH excluding ortho intramolecular Hbond substituents is 1. The van der Waals surface area contributed by atoms with Gasteiger partial charge in [-0.25, -0.2) is 0 Å². The summed E-state index contributed by atoms with van der Waals surface area (Å²) >= 11 is 0. The summed E-state index contributed by atoms with van der Waals surface area (Å²) in [5.74, 6) is 0.353. The molecule has 0 amide bonds. The van der Waals surface area contributed by atoms with Gasteiger partial charge in [0.15, 0.2) is 0 Å². The summed E-state index contributed by atoms with van der Waals surface area (Å²) in [6, 6.07) is 5.93. The van der Waals surface area contributed by atoms with Crippen LogP contribution >= 0.6 is 0 Å². The van der Waals surface area contributed by atoms with Gasteiger partial charge in [-0.1, -0.05) is 47.6 Å². The summed E-state index contributed by atoms with van der Waals surface area (Å²) in [6.07, 6.45) is 0. The molecular formula is C20H33NO. The first kappa shape index (κ1) is 17.2. The summed E-state index contributed by atoms with van der Waals surface area (Å²) in [6.45, 7) is 21.8. The number of phenols is 1. The van der Waals surface area contributed by atoms with Crippen molar-refractivity contribution in [1.82, 2.24) is 0 Å². The number of nitrogens with zero attached hydrogens (tertiary/aromatic N) is 1. The predicted molar refractivity (Wildman–Crippen MR) is 95.8 cm³/mol. The van der Waals surface area contributed by atoms with Crippen molar-refractivity contribution in [2.75, 3.05) is 11.4 Å². The van der Waals surface area contributed by atoms with Crippen LogP contribution in [0.5, 0.6) is 5.75 Å². The van der Waals surface area contributed by atoms with Crippen LogP contribution in [0.25, 0.3) is 0 Å². The lowest BCUT2D eigenvalue weighted by atomic mass is 9.52. The van der Waals surface area contributed by atoms with E-state index >= 15 is 0 Å². The molecule has 2 nitrogen and oxygen atoms in total. The summed E-state index contributed by atoms with van der Waals surface area (Å²) in [7, 11) is 0. The van der Waals surface area contributed by atoms with Crippen LogP contribution in [0.1, 0.15) is 67.9 Å². The normalized spacial score (nSPS) is 18.5. The average Bonchev–Trinajstić information content (AvgIpc) is 2.62. The first-order valence-corrected chi connectivity index (χ1v) is 8.33. The molecule has 22 heavy (non-hydrogen) atoms. The molecule has 0 aromatic heterocycles. The minimum atomic E-state index is 0.0286. The van der Waals surface area contributed by atoms with Crippen molar-refractivity contribution in [3.05, 3.63) is 23.8 Å². The largest absolute Gasteiger partial charge is 0.508 e. The molecular weight excluding hydrogens is 270 g/mol. The van der Waals surface area contributed by atoms with Crippen molar-refractivity contribution in [2.45, 2.75) is 73.3 Å². The molecule has 2 rings (SSSR count). The number of aromatic hydroxyl groups is 1. The fourth-order valence-corrected chi connectivity index (χ4v) is 4.52. The van der Waals surface area contributed by atoms with E-state index in [2.05, 4.69) is 73.3 Å². The highest BCUT2D eigenvalue weighted by Crippen LogP contribution is 2.60. The zero-order valence-electron chi connectivity index (χ0n) is 15.8. The molecule has 1 N–H and O–H groups in total. The van der Waals surface area contributed by atoms with Crippen LogP contribution in [0.4, 0.5) is 5.69 Å². The minimum Gasteiger partial charge on any atom is -0.508 e. The fraction of sp³-hybridized carbons (Fsp3) is 0.700. The summed E-state index contributed by atoms with van der Waals surface area (Å²) < 4.78 is 0. The smallest absolute Gasteiger partial charge is 0.117 e. The molecule has 0 saturated carbocycles. The third-order valence-corrected chi connectivity index (χ3v) is 5.50. The third kappa shape index (κ3) is 2.31. The van der Waals surface area contributed by atoms with E-state index in [1.165, 1.54) is 11.3 Å². The maximum Gasteiger partial charge on any atom is 0.117 e. The Bertz CT molecular complexity index is 553. The lowest BCUT2D eigenvalue weighted by Crippen LogP contribution is -2.55. The number of rotatable bonds is 0. The quantitative estimate of drug-likeness (QED) is 0.699. The second kappa shape index (κ2) is 4.66. The molecule has 0 aliphatic carbocycles. The van der Waals surface area contributed by atoms with Crippen LogP contribution in [-0.2, 0) is 5.41 Å². The minimum absolute atomic E-state index is 0.0286. The van der Waals surface area contributed by atoms with Crippen molar-refractivity contribution < 1.29 is 5.11 Å². The molecule has 1 heterocycles. The van der Waals surface area contributed by atoms with Crippen LogP contribution in [0.3, 0.4) is 0 Å². The van der Waals surface area contributed by atoms with Gasteiger partial charge in [0.1, 0.15) is 5.75 Å². The Balaban J connectivity index is 2.81. The van der Waals surface area contributed by atoms with Crippen LogP contribution in [0.2, 0.25) is 0 Å². The molecule has 1 aromatic rings. The Morgan fingerprint density at radius 2 is 1.41 bits per heavy atom. The second-order valence-electron chi connectivity index (χ2n) is 9.86. The predicted octanol–water partition coefficient (Wildman–Crippen LogP) is 5.34. The Kier molecular flexibility index (Phi) is 3.64. The Morgan fingerprint density at radius 3 is 1.82 bits per heavy atom. The fourth-order valence-electron chi connectivity index (χ4n) is 4.52. The molecule has 1 aromatic carbocycles. The van der Waals surface area contributed by atoms with Gasteiger partial charge in [-0.2, -0.15) is 0 Å². The second-order valence-corrected chi connectivity index (χ2v) is 9.86. The van der Waals surface area contributed by atoms with Crippen molar-refractivity contribution in [1.29, 1.82) is 0 Å².